The molecule has 1 unspecified atom stereocenters. The van der Waals surface area contributed by atoms with Gasteiger partial charge in [-0.1, -0.05) is 17.7 Å². The van der Waals surface area contributed by atoms with Crippen LogP contribution in [0.5, 0.6) is 0 Å². The van der Waals surface area contributed by atoms with Crippen molar-refractivity contribution in [3.8, 4) is 0 Å². The lowest BCUT2D eigenvalue weighted by Crippen LogP contribution is -2.11. The summed E-state index contributed by atoms with van der Waals surface area (Å²) in [7, 11) is 0. The van der Waals surface area contributed by atoms with Gasteiger partial charge in [-0.3, -0.25) is 0 Å². The van der Waals surface area contributed by atoms with Crippen molar-refractivity contribution in [2.24, 2.45) is 0 Å². The zero-order valence-corrected chi connectivity index (χ0v) is 7.62. The summed E-state index contributed by atoms with van der Waals surface area (Å²) in [5, 5.41) is 17.7. The zero-order chi connectivity index (χ0) is 10.0. The van der Waals surface area contributed by atoms with Crippen LogP contribution in [0.15, 0.2) is 12.1 Å². The molecule has 1 aromatic heterocycles. The maximum atomic E-state index is 10.4. The molecule has 0 aromatic carbocycles. The zero-order valence-electron chi connectivity index (χ0n) is 6.86. The topological polar surface area (TPSA) is 70.4 Å². The summed E-state index contributed by atoms with van der Waals surface area (Å²) < 4.78 is 0. The molecule has 0 aliphatic carbocycles. The standard InChI is InChI=1S/C8H8ClNO3/c1-4-2-3-5(7(9)10-4)6(11)8(12)13/h2-3,6,11H,1H3,(H,12,13). The van der Waals surface area contributed by atoms with E-state index in [1.54, 1.807) is 13.0 Å². The number of carbonyl (C=O) groups is 1. The molecule has 70 valence electrons. The molecule has 0 saturated heterocycles. The number of aromatic nitrogens is 1. The van der Waals surface area contributed by atoms with Crippen molar-refractivity contribution in [2.75, 3.05) is 0 Å². The average molecular weight is 202 g/mol. The van der Waals surface area contributed by atoms with E-state index in [0.29, 0.717) is 5.69 Å². The van der Waals surface area contributed by atoms with Gasteiger partial charge in [0.15, 0.2) is 6.10 Å². The van der Waals surface area contributed by atoms with Gasteiger partial charge in [-0.05, 0) is 13.0 Å². The van der Waals surface area contributed by atoms with E-state index in [9.17, 15) is 4.79 Å². The summed E-state index contributed by atoms with van der Waals surface area (Å²) in [6.07, 6.45) is -1.61. The number of aliphatic hydroxyl groups is 1. The van der Waals surface area contributed by atoms with Crippen LogP contribution in [0.25, 0.3) is 0 Å². The maximum Gasteiger partial charge on any atom is 0.337 e. The molecule has 0 radical (unpaired) electrons. The number of aryl methyl sites for hydroxylation is 1. The first-order valence-electron chi connectivity index (χ1n) is 3.56. The second kappa shape index (κ2) is 3.72. The molecule has 4 nitrogen and oxygen atoms in total. The van der Waals surface area contributed by atoms with Crippen molar-refractivity contribution in [3.63, 3.8) is 0 Å². The normalized spacial score (nSPS) is 12.5. The number of carboxylic acid groups (broad SMARTS) is 1. The van der Waals surface area contributed by atoms with E-state index >= 15 is 0 Å². The third-order valence-electron chi connectivity index (χ3n) is 1.55. The van der Waals surface area contributed by atoms with Gasteiger partial charge in [0, 0.05) is 11.3 Å². The van der Waals surface area contributed by atoms with Gasteiger partial charge in [-0.25, -0.2) is 9.78 Å². The van der Waals surface area contributed by atoms with Gasteiger partial charge in [0.25, 0.3) is 0 Å². The molecule has 1 aromatic rings. The average Bonchev–Trinajstić information content (AvgIpc) is 2.03. The Labute approximate surface area is 79.8 Å². The van der Waals surface area contributed by atoms with Gasteiger partial charge >= 0.3 is 5.97 Å². The summed E-state index contributed by atoms with van der Waals surface area (Å²) in [5.41, 5.74) is 0.783. The Morgan fingerprint density at radius 2 is 2.23 bits per heavy atom. The highest BCUT2D eigenvalue weighted by molar-refractivity contribution is 6.30. The summed E-state index contributed by atoms with van der Waals surface area (Å²) in [6, 6.07) is 3.04. The molecule has 0 fully saturated rings. The molecule has 5 heteroatoms. The predicted octanol–water partition coefficient (Wildman–Crippen LogP) is 1.16. The van der Waals surface area contributed by atoms with Gasteiger partial charge in [0.2, 0.25) is 0 Å². The smallest absolute Gasteiger partial charge is 0.337 e. The monoisotopic (exact) mass is 201 g/mol. The Morgan fingerprint density at radius 3 is 2.69 bits per heavy atom. The minimum Gasteiger partial charge on any atom is -0.479 e. The number of nitrogens with zero attached hydrogens (tertiary/aromatic N) is 1. The molecule has 1 atom stereocenters. The van der Waals surface area contributed by atoms with Crippen molar-refractivity contribution >= 4 is 17.6 Å². The summed E-state index contributed by atoms with van der Waals surface area (Å²) >= 11 is 5.63. The Kier molecular flexibility index (Phi) is 2.85. The maximum absolute atomic E-state index is 10.4. The molecule has 1 heterocycles. The highest BCUT2D eigenvalue weighted by atomic mass is 35.5. The van der Waals surface area contributed by atoms with Gasteiger partial charge in [-0.2, -0.15) is 0 Å². The second-order valence-corrected chi connectivity index (χ2v) is 2.93. The SMILES string of the molecule is Cc1ccc(C(O)C(=O)O)c(Cl)n1. The number of hydrogen-bond acceptors (Lipinski definition) is 3. The molecule has 0 bridgehead atoms. The third kappa shape index (κ3) is 2.17. The van der Waals surface area contributed by atoms with E-state index in [0.717, 1.165) is 0 Å². The van der Waals surface area contributed by atoms with Crippen LogP contribution in [0.2, 0.25) is 5.15 Å². The number of aliphatic hydroxyl groups excluding tert-OH is 1. The lowest BCUT2D eigenvalue weighted by molar-refractivity contribution is -0.146. The quantitative estimate of drug-likeness (QED) is 0.705. The van der Waals surface area contributed by atoms with Crippen molar-refractivity contribution < 1.29 is 15.0 Å². The van der Waals surface area contributed by atoms with Crippen LogP contribution in [0, 0.1) is 6.92 Å². The molecule has 1 rings (SSSR count). The first-order chi connectivity index (χ1) is 6.02. The van der Waals surface area contributed by atoms with Gasteiger partial charge < -0.3 is 10.2 Å². The summed E-state index contributed by atoms with van der Waals surface area (Å²) in [5.74, 6) is -1.34. The molecule has 0 amide bonds. The van der Waals surface area contributed by atoms with Crippen LogP contribution in [-0.2, 0) is 4.79 Å². The number of hydrogen-bond donors (Lipinski definition) is 2. The minimum absolute atomic E-state index is 0.0231. The van der Waals surface area contributed by atoms with Crippen LogP contribution < -0.4 is 0 Å². The fourth-order valence-electron chi connectivity index (χ4n) is 0.873. The largest absolute Gasteiger partial charge is 0.479 e. The van der Waals surface area contributed by atoms with Crippen LogP contribution in [-0.4, -0.2) is 21.2 Å². The molecule has 0 spiro atoms. The highest BCUT2D eigenvalue weighted by Crippen LogP contribution is 2.21. The Balaban J connectivity index is 3.08. The third-order valence-corrected chi connectivity index (χ3v) is 1.85. The van der Waals surface area contributed by atoms with E-state index in [4.69, 9.17) is 21.8 Å². The number of carboxylic acids is 1. The Bertz CT molecular complexity index is 340. The van der Waals surface area contributed by atoms with E-state index < -0.39 is 12.1 Å². The number of pyridine rings is 1. The lowest BCUT2D eigenvalue weighted by atomic mass is 10.1. The van der Waals surface area contributed by atoms with Crippen molar-refractivity contribution in [3.05, 3.63) is 28.5 Å². The summed E-state index contributed by atoms with van der Waals surface area (Å²) in [4.78, 5) is 14.2. The Hall–Kier alpha value is -1.13. The van der Waals surface area contributed by atoms with E-state index in [2.05, 4.69) is 4.98 Å². The van der Waals surface area contributed by atoms with E-state index in [1.165, 1.54) is 6.07 Å². The molecule has 0 aliphatic rings. The predicted molar refractivity (Wildman–Crippen MR) is 46.6 cm³/mol. The lowest BCUT2D eigenvalue weighted by Gasteiger charge is -2.07. The van der Waals surface area contributed by atoms with Crippen LogP contribution >= 0.6 is 11.6 Å². The second-order valence-electron chi connectivity index (χ2n) is 2.57. The number of rotatable bonds is 2. The Morgan fingerprint density at radius 1 is 1.62 bits per heavy atom. The van der Waals surface area contributed by atoms with Gasteiger partial charge in [0.1, 0.15) is 5.15 Å². The first kappa shape index (κ1) is 9.95. The fourth-order valence-corrected chi connectivity index (χ4v) is 1.17. The number of aliphatic carboxylic acids is 1. The molecular formula is C8H8ClNO3. The van der Waals surface area contributed by atoms with Crippen molar-refractivity contribution in [2.45, 2.75) is 13.0 Å². The molecule has 0 aliphatic heterocycles. The van der Waals surface area contributed by atoms with Gasteiger partial charge in [-0.15, -0.1) is 0 Å². The molecular weight excluding hydrogens is 194 g/mol. The van der Waals surface area contributed by atoms with Gasteiger partial charge in [0.05, 0.1) is 0 Å². The minimum atomic E-state index is -1.61. The van der Waals surface area contributed by atoms with Crippen molar-refractivity contribution in [1.82, 2.24) is 4.98 Å². The van der Waals surface area contributed by atoms with Crippen LogP contribution in [0.3, 0.4) is 0 Å². The van der Waals surface area contributed by atoms with Crippen LogP contribution in [0.1, 0.15) is 17.4 Å². The van der Waals surface area contributed by atoms with Crippen molar-refractivity contribution in [1.29, 1.82) is 0 Å². The van der Waals surface area contributed by atoms with E-state index in [-0.39, 0.29) is 10.7 Å². The summed E-state index contributed by atoms with van der Waals surface area (Å²) in [6.45, 7) is 1.73. The van der Waals surface area contributed by atoms with Crippen LogP contribution in [0.4, 0.5) is 0 Å². The first-order valence-corrected chi connectivity index (χ1v) is 3.94. The van der Waals surface area contributed by atoms with E-state index in [1.807, 2.05) is 0 Å². The molecule has 2 N–H and O–H groups in total. The fraction of sp³-hybridized carbons (Fsp3) is 0.250. The number of halogens is 1. The highest BCUT2D eigenvalue weighted by Gasteiger charge is 2.19. The molecule has 0 saturated carbocycles. The molecule has 13 heavy (non-hydrogen) atoms.